The van der Waals surface area contributed by atoms with Crippen LogP contribution in [0.25, 0.3) is 16.8 Å². The molecule has 3 aromatic rings. The van der Waals surface area contributed by atoms with Crippen LogP contribution in [0.4, 0.5) is 4.39 Å². The van der Waals surface area contributed by atoms with Crippen molar-refractivity contribution < 1.29 is 19.1 Å². The number of carboxylic acid groups (broad SMARTS) is 1. The Balaban J connectivity index is 1.50. The molecule has 1 amide bonds. The molecule has 1 saturated carbocycles. The van der Waals surface area contributed by atoms with Gasteiger partial charge in [-0.15, -0.1) is 0 Å². The molecule has 1 aromatic heterocycles. The maximum absolute atomic E-state index is 15.8. The van der Waals surface area contributed by atoms with Gasteiger partial charge in [-0.3, -0.25) is 4.79 Å². The first-order chi connectivity index (χ1) is 17.0. The summed E-state index contributed by atoms with van der Waals surface area (Å²) in [6.07, 6.45) is 8.18. The summed E-state index contributed by atoms with van der Waals surface area (Å²) in [7, 11) is 0. The second-order valence-electron chi connectivity index (χ2n) is 9.59. The van der Waals surface area contributed by atoms with Crippen molar-refractivity contribution in [3.8, 4) is 16.8 Å². The number of hydrogen-bond acceptors (Lipinski definition) is 3. The van der Waals surface area contributed by atoms with E-state index in [1.807, 2.05) is 11.0 Å². The van der Waals surface area contributed by atoms with Gasteiger partial charge in [0.15, 0.2) is 0 Å². The quantitative estimate of drug-likeness (QED) is 0.451. The largest absolute Gasteiger partial charge is 0.478 e. The minimum atomic E-state index is -0.995. The Kier molecular flexibility index (Phi) is 6.41. The first-order valence-corrected chi connectivity index (χ1v) is 12.5. The molecule has 2 aliphatic rings. The van der Waals surface area contributed by atoms with Gasteiger partial charge >= 0.3 is 5.97 Å². The van der Waals surface area contributed by atoms with Gasteiger partial charge in [0.05, 0.1) is 23.1 Å². The molecule has 0 spiro atoms. The fourth-order valence-electron chi connectivity index (χ4n) is 5.26. The Morgan fingerprint density at radius 2 is 1.89 bits per heavy atom. The Bertz CT molecular complexity index is 1260. The molecular weight excluding hydrogens is 445 g/mol. The van der Waals surface area contributed by atoms with E-state index in [4.69, 9.17) is 0 Å². The van der Waals surface area contributed by atoms with Crippen LogP contribution in [-0.4, -0.2) is 44.3 Å². The minimum absolute atomic E-state index is 0.0989. The van der Waals surface area contributed by atoms with Crippen LogP contribution in [0.15, 0.2) is 48.7 Å². The number of carboxylic acids is 1. The number of carbonyl (C=O) groups excluding carboxylic acids is 1. The van der Waals surface area contributed by atoms with E-state index in [9.17, 15) is 14.7 Å². The summed E-state index contributed by atoms with van der Waals surface area (Å²) >= 11 is 0. The van der Waals surface area contributed by atoms with Crippen LogP contribution >= 0.6 is 0 Å². The Hall–Kier alpha value is -3.48. The number of benzene rings is 2. The number of carbonyl (C=O) groups is 2. The maximum Gasteiger partial charge on any atom is 0.339 e. The molecule has 35 heavy (non-hydrogen) atoms. The molecule has 5 rings (SSSR count). The summed E-state index contributed by atoms with van der Waals surface area (Å²) in [6, 6.07) is 12.4. The van der Waals surface area contributed by atoms with Crippen molar-refractivity contribution in [2.24, 2.45) is 0 Å². The highest BCUT2D eigenvalue weighted by molar-refractivity contribution is 5.96. The predicted octanol–water partition coefficient (Wildman–Crippen LogP) is 6.05. The van der Waals surface area contributed by atoms with E-state index in [-0.39, 0.29) is 29.0 Å². The van der Waals surface area contributed by atoms with E-state index in [0.29, 0.717) is 29.1 Å². The molecule has 0 bridgehead atoms. The maximum atomic E-state index is 15.8. The fourth-order valence-corrected chi connectivity index (χ4v) is 5.26. The first-order valence-electron chi connectivity index (χ1n) is 12.5. The van der Waals surface area contributed by atoms with Gasteiger partial charge in [0.1, 0.15) is 11.4 Å². The van der Waals surface area contributed by atoms with Crippen molar-refractivity contribution in [1.29, 1.82) is 0 Å². The first kappa shape index (κ1) is 23.3. The number of amides is 1. The number of piperidine rings is 1. The number of likely N-dealkylation sites (tertiary alicyclic amines) is 1. The summed E-state index contributed by atoms with van der Waals surface area (Å²) in [5.74, 6) is -1.59. The average Bonchev–Trinajstić information content (AvgIpc) is 3.61. The molecule has 1 unspecified atom stereocenters. The molecule has 2 fully saturated rings. The zero-order valence-electron chi connectivity index (χ0n) is 19.9. The van der Waals surface area contributed by atoms with Crippen LogP contribution in [0.1, 0.15) is 84.2 Å². The van der Waals surface area contributed by atoms with Crippen LogP contribution in [0, 0.1) is 5.82 Å². The number of aromatic carboxylic acids is 1. The summed E-state index contributed by atoms with van der Waals surface area (Å²) in [4.78, 5) is 26.9. The molecular formula is C28H30FN3O3. The summed E-state index contributed by atoms with van der Waals surface area (Å²) in [5.41, 5.74) is 2.63. The molecule has 6 nitrogen and oxygen atoms in total. The lowest BCUT2D eigenvalue weighted by atomic mass is 9.96. The van der Waals surface area contributed by atoms with E-state index in [1.54, 1.807) is 41.1 Å². The van der Waals surface area contributed by atoms with E-state index in [2.05, 4.69) is 12.0 Å². The molecule has 1 saturated heterocycles. The fraction of sp³-hybridized carbons (Fsp3) is 0.393. The lowest BCUT2D eigenvalue weighted by Gasteiger charge is -2.36. The van der Waals surface area contributed by atoms with Gasteiger partial charge in [0.2, 0.25) is 0 Å². The zero-order chi connectivity index (χ0) is 24.5. The predicted molar refractivity (Wildman–Crippen MR) is 131 cm³/mol. The highest BCUT2D eigenvalue weighted by atomic mass is 19.1. The van der Waals surface area contributed by atoms with Crippen LogP contribution < -0.4 is 0 Å². The Labute approximate surface area is 204 Å². The highest BCUT2D eigenvalue weighted by Crippen LogP contribution is 2.42. The number of halogens is 1. The molecule has 1 aliphatic heterocycles. The van der Waals surface area contributed by atoms with Gasteiger partial charge in [-0.25, -0.2) is 13.9 Å². The standard InChI is InChI=1S/C28H30FN3O3/c1-2-7-20-9-3-4-15-31(20)27(33)23-12-6-11-22(25(23)29)19-8-5-10-21(16-19)32-26(18-13-14-18)24(17-30-32)28(34)35/h5-6,8,10-12,16-18,20H,2-4,7,9,13-15H2,1H3,(H,34,35). The van der Waals surface area contributed by atoms with Crippen molar-refractivity contribution >= 4 is 11.9 Å². The third-order valence-electron chi connectivity index (χ3n) is 7.14. The van der Waals surface area contributed by atoms with E-state index < -0.39 is 11.8 Å². The summed E-state index contributed by atoms with van der Waals surface area (Å²) in [6.45, 7) is 2.77. The third-order valence-corrected chi connectivity index (χ3v) is 7.14. The van der Waals surface area contributed by atoms with Gasteiger partial charge < -0.3 is 10.0 Å². The van der Waals surface area contributed by atoms with Crippen molar-refractivity contribution in [3.63, 3.8) is 0 Å². The van der Waals surface area contributed by atoms with Crippen LogP contribution in [0.5, 0.6) is 0 Å². The third kappa shape index (κ3) is 4.47. The van der Waals surface area contributed by atoms with Crippen LogP contribution in [-0.2, 0) is 0 Å². The summed E-state index contributed by atoms with van der Waals surface area (Å²) in [5, 5.41) is 13.9. The van der Waals surface area contributed by atoms with Crippen molar-refractivity contribution in [3.05, 3.63) is 71.3 Å². The van der Waals surface area contributed by atoms with Crippen molar-refractivity contribution in [1.82, 2.24) is 14.7 Å². The van der Waals surface area contributed by atoms with Gasteiger partial charge in [-0.1, -0.05) is 37.6 Å². The molecule has 2 aromatic carbocycles. The monoisotopic (exact) mass is 475 g/mol. The zero-order valence-corrected chi connectivity index (χ0v) is 19.9. The smallest absolute Gasteiger partial charge is 0.339 e. The Morgan fingerprint density at radius 1 is 1.09 bits per heavy atom. The van der Waals surface area contributed by atoms with Gasteiger partial charge in [-0.05, 0) is 62.3 Å². The lowest BCUT2D eigenvalue weighted by molar-refractivity contribution is 0.0595. The Morgan fingerprint density at radius 3 is 2.63 bits per heavy atom. The van der Waals surface area contributed by atoms with Gasteiger partial charge in [0.25, 0.3) is 5.91 Å². The van der Waals surface area contributed by atoms with Crippen molar-refractivity contribution in [2.45, 2.75) is 63.8 Å². The van der Waals surface area contributed by atoms with E-state index in [0.717, 1.165) is 44.9 Å². The highest BCUT2D eigenvalue weighted by Gasteiger charge is 2.33. The molecule has 2 heterocycles. The topological polar surface area (TPSA) is 75.4 Å². The van der Waals surface area contributed by atoms with Gasteiger partial charge in [0, 0.05) is 24.1 Å². The van der Waals surface area contributed by atoms with Crippen molar-refractivity contribution in [2.75, 3.05) is 6.54 Å². The summed E-state index contributed by atoms with van der Waals surface area (Å²) < 4.78 is 17.4. The van der Waals surface area contributed by atoms with Gasteiger partial charge in [-0.2, -0.15) is 5.10 Å². The number of rotatable bonds is 7. The van der Waals surface area contributed by atoms with Crippen LogP contribution in [0.2, 0.25) is 0 Å². The average molecular weight is 476 g/mol. The number of hydrogen-bond donors (Lipinski definition) is 1. The second kappa shape index (κ2) is 9.64. The number of nitrogens with zero attached hydrogens (tertiary/aromatic N) is 3. The second-order valence-corrected chi connectivity index (χ2v) is 9.59. The minimum Gasteiger partial charge on any atom is -0.478 e. The van der Waals surface area contributed by atoms with E-state index >= 15 is 4.39 Å². The van der Waals surface area contributed by atoms with Crippen LogP contribution in [0.3, 0.4) is 0 Å². The lowest BCUT2D eigenvalue weighted by Crippen LogP contribution is -2.44. The SMILES string of the molecule is CCCC1CCCCN1C(=O)c1cccc(-c2cccc(-n3ncc(C(=O)O)c3C3CC3)c2)c1F. The van der Waals surface area contributed by atoms with E-state index in [1.165, 1.54) is 6.20 Å². The molecule has 1 aliphatic carbocycles. The molecule has 7 heteroatoms. The molecule has 0 radical (unpaired) electrons. The normalized spacial score (nSPS) is 18.0. The number of aromatic nitrogens is 2. The molecule has 1 N–H and O–H groups in total. The molecule has 182 valence electrons. The molecule has 1 atom stereocenters.